The van der Waals surface area contributed by atoms with Crippen LogP contribution in [0.15, 0.2) is 22.8 Å². The van der Waals surface area contributed by atoms with Gasteiger partial charge >= 0.3 is 0 Å². The van der Waals surface area contributed by atoms with Crippen LogP contribution in [0.5, 0.6) is 0 Å². The number of nitrogens with zero attached hydrogens (tertiary/aromatic N) is 2. The lowest BCUT2D eigenvalue weighted by atomic mass is 9.84. The topological polar surface area (TPSA) is 28.2 Å². The highest BCUT2D eigenvalue weighted by Gasteiger charge is 2.36. The van der Waals surface area contributed by atoms with Crippen molar-refractivity contribution in [2.45, 2.75) is 59.0 Å². The molecule has 1 heterocycles. The summed E-state index contributed by atoms with van der Waals surface area (Å²) in [6.45, 7) is 14.5. The van der Waals surface area contributed by atoms with Crippen molar-refractivity contribution in [1.29, 1.82) is 0 Å². The summed E-state index contributed by atoms with van der Waals surface area (Å²) in [5, 5.41) is 3.69. The average molecular weight is 356 g/mol. The van der Waals surface area contributed by atoms with E-state index in [2.05, 4.69) is 77.9 Å². The van der Waals surface area contributed by atoms with E-state index in [0.717, 1.165) is 42.6 Å². The zero-order valence-corrected chi connectivity index (χ0v) is 15.7. The Hall–Kier alpha value is -0.450. The zero-order chi connectivity index (χ0) is 15.9. The van der Waals surface area contributed by atoms with E-state index in [0.29, 0.717) is 6.04 Å². The number of rotatable bonds is 9. The van der Waals surface area contributed by atoms with Gasteiger partial charge in [-0.2, -0.15) is 0 Å². The first kappa shape index (κ1) is 18.6. The number of halogens is 1. The van der Waals surface area contributed by atoms with E-state index in [-0.39, 0.29) is 5.54 Å². The summed E-state index contributed by atoms with van der Waals surface area (Å²) in [7, 11) is 0. The second kappa shape index (κ2) is 8.86. The Morgan fingerprint density at radius 1 is 1.24 bits per heavy atom. The van der Waals surface area contributed by atoms with Gasteiger partial charge < -0.3 is 5.32 Å². The molecule has 0 fully saturated rings. The van der Waals surface area contributed by atoms with Crippen molar-refractivity contribution in [2.24, 2.45) is 0 Å². The van der Waals surface area contributed by atoms with E-state index in [1.807, 2.05) is 6.20 Å². The van der Waals surface area contributed by atoms with Gasteiger partial charge in [-0.15, -0.1) is 0 Å². The Balaban J connectivity index is 2.99. The lowest BCUT2D eigenvalue weighted by molar-refractivity contribution is 0.0703. The SMILES string of the molecule is CCNC(Cc1ccc(Br)cn1)C(C)(CC)N(CC)CC. The zero-order valence-electron chi connectivity index (χ0n) is 14.1. The molecule has 0 aliphatic rings. The maximum absolute atomic E-state index is 4.55. The molecule has 3 nitrogen and oxygen atoms in total. The normalized spacial score (nSPS) is 16.0. The van der Waals surface area contributed by atoms with Crippen LogP contribution in [-0.4, -0.2) is 41.1 Å². The van der Waals surface area contributed by atoms with E-state index in [9.17, 15) is 0 Å². The van der Waals surface area contributed by atoms with Gasteiger partial charge in [0.05, 0.1) is 0 Å². The van der Waals surface area contributed by atoms with Crippen LogP contribution in [0.3, 0.4) is 0 Å². The standard InChI is InChI=1S/C17H30BrN3/c1-6-17(5,21(8-3)9-4)16(19-7-2)12-15-11-10-14(18)13-20-15/h10-11,13,16,19H,6-9,12H2,1-5H3. The molecule has 1 rings (SSSR count). The predicted molar refractivity (Wildman–Crippen MR) is 94.7 cm³/mol. The molecular formula is C17H30BrN3. The Kier molecular flexibility index (Phi) is 7.85. The fraction of sp³-hybridized carbons (Fsp3) is 0.706. The molecule has 1 aromatic rings. The molecule has 4 heteroatoms. The highest BCUT2D eigenvalue weighted by Crippen LogP contribution is 2.26. The molecule has 0 bridgehead atoms. The first-order valence-electron chi connectivity index (χ1n) is 8.10. The molecule has 0 amide bonds. The number of nitrogens with one attached hydrogen (secondary N) is 1. The third-order valence-corrected chi connectivity index (χ3v) is 5.07. The van der Waals surface area contributed by atoms with Crippen molar-refractivity contribution < 1.29 is 0 Å². The summed E-state index contributed by atoms with van der Waals surface area (Å²) in [6, 6.07) is 4.60. The first-order valence-corrected chi connectivity index (χ1v) is 8.89. The van der Waals surface area contributed by atoms with Gasteiger partial charge in [-0.1, -0.05) is 27.7 Å². The smallest absolute Gasteiger partial charge is 0.0420 e. The van der Waals surface area contributed by atoms with Crippen LogP contribution in [0.4, 0.5) is 0 Å². The van der Waals surface area contributed by atoms with Crippen LogP contribution in [0, 0.1) is 0 Å². The quantitative estimate of drug-likeness (QED) is 0.728. The van der Waals surface area contributed by atoms with Gasteiger partial charge in [0, 0.05) is 34.4 Å². The van der Waals surface area contributed by atoms with Crippen LogP contribution >= 0.6 is 15.9 Å². The molecule has 0 aliphatic heterocycles. The van der Waals surface area contributed by atoms with Crippen molar-refractivity contribution in [3.05, 3.63) is 28.5 Å². The molecule has 120 valence electrons. The average Bonchev–Trinajstić information content (AvgIpc) is 2.49. The van der Waals surface area contributed by atoms with Crippen molar-refractivity contribution >= 4 is 15.9 Å². The second-order valence-corrected chi connectivity index (χ2v) is 6.58. The van der Waals surface area contributed by atoms with Crippen LogP contribution in [-0.2, 0) is 6.42 Å². The molecule has 21 heavy (non-hydrogen) atoms. The molecule has 2 unspecified atom stereocenters. The lowest BCUT2D eigenvalue weighted by Gasteiger charge is -2.46. The van der Waals surface area contributed by atoms with Crippen LogP contribution in [0.2, 0.25) is 0 Å². The summed E-state index contributed by atoms with van der Waals surface area (Å²) in [4.78, 5) is 7.12. The fourth-order valence-electron chi connectivity index (χ4n) is 3.13. The summed E-state index contributed by atoms with van der Waals surface area (Å²) in [6.07, 6.45) is 3.98. The van der Waals surface area contributed by atoms with Crippen LogP contribution < -0.4 is 5.32 Å². The van der Waals surface area contributed by atoms with E-state index < -0.39 is 0 Å². The Labute approximate surface area is 138 Å². The van der Waals surface area contributed by atoms with Crippen molar-refractivity contribution in [2.75, 3.05) is 19.6 Å². The van der Waals surface area contributed by atoms with Gasteiger partial charge in [0.25, 0.3) is 0 Å². The van der Waals surface area contributed by atoms with Crippen molar-refractivity contribution in [3.63, 3.8) is 0 Å². The summed E-state index contributed by atoms with van der Waals surface area (Å²) in [5.74, 6) is 0. The lowest BCUT2D eigenvalue weighted by Crippen LogP contribution is -2.60. The minimum Gasteiger partial charge on any atom is -0.312 e. The maximum Gasteiger partial charge on any atom is 0.0420 e. The molecular weight excluding hydrogens is 326 g/mol. The van der Waals surface area contributed by atoms with Crippen molar-refractivity contribution in [1.82, 2.24) is 15.2 Å². The number of hydrogen-bond donors (Lipinski definition) is 1. The molecule has 0 saturated carbocycles. The summed E-state index contributed by atoms with van der Waals surface area (Å²) < 4.78 is 1.04. The van der Waals surface area contributed by atoms with E-state index in [1.54, 1.807) is 0 Å². The highest BCUT2D eigenvalue weighted by atomic mass is 79.9. The number of likely N-dealkylation sites (N-methyl/N-ethyl adjacent to an activating group) is 2. The van der Waals surface area contributed by atoms with Gasteiger partial charge in [-0.3, -0.25) is 9.88 Å². The molecule has 0 aliphatic carbocycles. The Bertz CT molecular complexity index is 403. The number of pyridine rings is 1. The van der Waals surface area contributed by atoms with Crippen molar-refractivity contribution in [3.8, 4) is 0 Å². The fourth-order valence-corrected chi connectivity index (χ4v) is 3.37. The maximum atomic E-state index is 4.55. The van der Waals surface area contributed by atoms with Gasteiger partial charge in [0.1, 0.15) is 0 Å². The van der Waals surface area contributed by atoms with Crippen LogP contribution in [0.1, 0.15) is 46.7 Å². The second-order valence-electron chi connectivity index (χ2n) is 5.67. The molecule has 0 aromatic carbocycles. The monoisotopic (exact) mass is 355 g/mol. The van der Waals surface area contributed by atoms with Gasteiger partial charge in [-0.05, 0) is 61.0 Å². The van der Waals surface area contributed by atoms with Gasteiger partial charge in [0.15, 0.2) is 0 Å². The van der Waals surface area contributed by atoms with Gasteiger partial charge in [-0.25, -0.2) is 0 Å². The molecule has 1 aromatic heterocycles. The number of aromatic nitrogens is 1. The third kappa shape index (κ3) is 4.76. The highest BCUT2D eigenvalue weighted by molar-refractivity contribution is 9.10. The predicted octanol–water partition coefficient (Wildman–Crippen LogP) is 3.88. The van der Waals surface area contributed by atoms with E-state index in [4.69, 9.17) is 0 Å². The molecule has 2 atom stereocenters. The van der Waals surface area contributed by atoms with Gasteiger partial charge in [0.2, 0.25) is 0 Å². The Morgan fingerprint density at radius 3 is 2.33 bits per heavy atom. The Morgan fingerprint density at radius 2 is 1.90 bits per heavy atom. The minimum atomic E-state index is 0.147. The largest absolute Gasteiger partial charge is 0.312 e. The molecule has 1 N–H and O–H groups in total. The molecule has 0 spiro atoms. The molecule has 0 saturated heterocycles. The first-order chi connectivity index (χ1) is 10.0. The van der Waals surface area contributed by atoms with Crippen LogP contribution in [0.25, 0.3) is 0 Å². The van der Waals surface area contributed by atoms with E-state index in [1.165, 1.54) is 0 Å². The minimum absolute atomic E-state index is 0.147. The summed E-state index contributed by atoms with van der Waals surface area (Å²) in [5.41, 5.74) is 1.30. The van der Waals surface area contributed by atoms with E-state index >= 15 is 0 Å². The summed E-state index contributed by atoms with van der Waals surface area (Å²) >= 11 is 3.45. The molecule has 0 radical (unpaired) electrons. The third-order valence-electron chi connectivity index (χ3n) is 4.60. The number of hydrogen-bond acceptors (Lipinski definition) is 3.